The Balaban J connectivity index is 2.18. The summed E-state index contributed by atoms with van der Waals surface area (Å²) >= 11 is 5.79. The topological polar surface area (TPSA) is 38.9 Å². The molecule has 2 rings (SSSR count). The summed E-state index contributed by atoms with van der Waals surface area (Å²) in [5, 5.41) is 3.39. The summed E-state index contributed by atoms with van der Waals surface area (Å²) < 4.78 is 18.3. The van der Waals surface area contributed by atoms with Gasteiger partial charge >= 0.3 is 0 Å². The molecule has 0 radical (unpaired) electrons. The SMILES string of the molecule is CC(Cl)c1noc(Cc2ccccc2F)n1. The van der Waals surface area contributed by atoms with Crippen molar-refractivity contribution < 1.29 is 8.91 Å². The zero-order valence-electron chi connectivity index (χ0n) is 8.65. The Morgan fingerprint density at radius 2 is 2.19 bits per heavy atom. The largest absolute Gasteiger partial charge is 0.339 e. The predicted octanol–water partition coefficient (Wildman–Crippen LogP) is 3.10. The lowest BCUT2D eigenvalue weighted by Crippen LogP contribution is -1.93. The monoisotopic (exact) mass is 240 g/mol. The van der Waals surface area contributed by atoms with Crippen molar-refractivity contribution in [3.8, 4) is 0 Å². The summed E-state index contributed by atoms with van der Waals surface area (Å²) in [6.07, 6.45) is 0.281. The Morgan fingerprint density at radius 1 is 1.44 bits per heavy atom. The van der Waals surface area contributed by atoms with Gasteiger partial charge in [-0.25, -0.2) is 4.39 Å². The minimum Gasteiger partial charge on any atom is -0.339 e. The van der Waals surface area contributed by atoms with Gasteiger partial charge in [-0.05, 0) is 18.6 Å². The molecule has 2 aromatic rings. The molecule has 84 valence electrons. The van der Waals surface area contributed by atoms with Gasteiger partial charge in [-0.3, -0.25) is 0 Å². The molecule has 5 heteroatoms. The van der Waals surface area contributed by atoms with Gasteiger partial charge in [0.25, 0.3) is 0 Å². The Kier molecular flexibility index (Phi) is 3.19. The molecule has 1 atom stereocenters. The number of hydrogen-bond acceptors (Lipinski definition) is 3. The van der Waals surface area contributed by atoms with Crippen molar-refractivity contribution in [3.63, 3.8) is 0 Å². The van der Waals surface area contributed by atoms with Crippen molar-refractivity contribution in [1.29, 1.82) is 0 Å². The Labute approximate surface area is 97.2 Å². The van der Waals surface area contributed by atoms with Gasteiger partial charge in [-0.2, -0.15) is 4.98 Å². The third-order valence-corrected chi connectivity index (χ3v) is 2.33. The van der Waals surface area contributed by atoms with Crippen LogP contribution in [0.1, 0.15) is 29.6 Å². The van der Waals surface area contributed by atoms with E-state index in [1.165, 1.54) is 6.07 Å². The fourth-order valence-electron chi connectivity index (χ4n) is 1.31. The first-order valence-electron chi connectivity index (χ1n) is 4.87. The van der Waals surface area contributed by atoms with Crippen LogP contribution >= 0.6 is 11.6 Å². The third kappa shape index (κ3) is 2.39. The molecule has 0 saturated carbocycles. The number of hydrogen-bond donors (Lipinski definition) is 0. The molecule has 0 amide bonds. The molecule has 0 bridgehead atoms. The Morgan fingerprint density at radius 3 is 2.81 bits per heavy atom. The van der Waals surface area contributed by atoms with Crippen molar-refractivity contribution in [2.75, 3.05) is 0 Å². The molecule has 0 aliphatic heterocycles. The van der Waals surface area contributed by atoms with Crippen LogP contribution in [0, 0.1) is 5.82 Å². The fourth-order valence-corrected chi connectivity index (χ4v) is 1.39. The maximum absolute atomic E-state index is 13.3. The van der Waals surface area contributed by atoms with Crippen molar-refractivity contribution in [3.05, 3.63) is 47.4 Å². The third-order valence-electron chi connectivity index (χ3n) is 2.14. The maximum Gasteiger partial charge on any atom is 0.231 e. The quantitative estimate of drug-likeness (QED) is 0.774. The summed E-state index contributed by atoms with van der Waals surface area (Å²) in [6.45, 7) is 1.75. The van der Waals surface area contributed by atoms with Crippen LogP contribution in [0.3, 0.4) is 0 Å². The molecule has 0 aliphatic carbocycles. The van der Waals surface area contributed by atoms with E-state index in [1.807, 2.05) is 0 Å². The van der Waals surface area contributed by atoms with E-state index in [4.69, 9.17) is 16.1 Å². The highest BCUT2D eigenvalue weighted by Crippen LogP contribution is 2.17. The molecule has 0 spiro atoms. The summed E-state index contributed by atoms with van der Waals surface area (Å²) in [5.41, 5.74) is 0.528. The van der Waals surface area contributed by atoms with Gasteiger partial charge in [0.05, 0.1) is 11.8 Å². The highest BCUT2D eigenvalue weighted by molar-refractivity contribution is 6.20. The molecule has 1 heterocycles. The van der Waals surface area contributed by atoms with Crippen LogP contribution in [0.25, 0.3) is 0 Å². The number of aromatic nitrogens is 2. The number of alkyl halides is 1. The van der Waals surface area contributed by atoms with E-state index >= 15 is 0 Å². The number of benzene rings is 1. The van der Waals surface area contributed by atoms with E-state index in [2.05, 4.69) is 10.1 Å². The van der Waals surface area contributed by atoms with Gasteiger partial charge in [0.2, 0.25) is 5.89 Å². The first-order valence-corrected chi connectivity index (χ1v) is 5.30. The van der Waals surface area contributed by atoms with Gasteiger partial charge in [0, 0.05) is 0 Å². The van der Waals surface area contributed by atoms with Crippen LogP contribution in [0.2, 0.25) is 0 Å². The van der Waals surface area contributed by atoms with Crippen LogP contribution in [0.15, 0.2) is 28.8 Å². The smallest absolute Gasteiger partial charge is 0.231 e. The zero-order chi connectivity index (χ0) is 11.5. The number of halogens is 2. The Bertz CT molecular complexity index is 484. The summed E-state index contributed by atoms with van der Waals surface area (Å²) in [6, 6.07) is 6.49. The molecule has 0 aliphatic rings. The lowest BCUT2D eigenvalue weighted by Gasteiger charge is -1.97. The second kappa shape index (κ2) is 4.61. The summed E-state index contributed by atoms with van der Waals surface area (Å²) in [4.78, 5) is 4.07. The van der Waals surface area contributed by atoms with Gasteiger partial charge in [0.15, 0.2) is 5.82 Å². The van der Waals surface area contributed by atoms with Crippen LogP contribution in [0.4, 0.5) is 4.39 Å². The van der Waals surface area contributed by atoms with E-state index in [9.17, 15) is 4.39 Å². The second-order valence-electron chi connectivity index (χ2n) is 3.43. The average Bonchev–Trinajstić information content (AvgIpc) is 2.70. The van der Waals surface area contributed by atoms with E-state index in [-0.39, 0.29) is 17.6 Å². The first kappa shape index (κ1) is 11.1. The predicted molar refractivity (Wildman–Crippen MR) is 57.8 cm³/mol. The standard InChI is InChI=1S/C11H10ClFN2O/c1-7(12)11-14-10(16-15-11)6-8-4-2-3-5-9(8)13/h2-5,7H,6H2,1H3. The molecule has 0 saturated heterocycles. The van der Waals surface area contributed by atoms with Gasteiger partial charge in [0.1, 0.15) is 5.82 Å². The zero-order valence-corrected chi connectivity index (χ0v) is 9.41. The van der Waals surface area contributed by atoms with Gasteiger partial charge in [-0.1, -0.05) is 23.4 Å². The molecule has 1 unspecified atom stereocenters. The van der Waals surface area contributed by atoms with Crippen LogP contribution < -0.4 is 0 Å². The molecule has 0 fully saturated rings. The van der Waals surface area contributed by atoms with Crippen LogP contribution in [0.5, 0.6) is 0 Å². The number of rotatable bonds is 3. The minimum absolute atomic E-state index is 0.277. The lowest BCUT2D eigenvalue weighted by molar-refractivity contribution is 0.378. The van der Waals surface area contributed by atoms with Crippen molar-refractivity contribution in [2.45, 2.75) is 18.7 Å². The molecular weight excluding hydrogens is 231 g/mol. The molecule has 16 heavy (non-hydrogen) atoms. The van der Waals surface area contributed by atoms with Crippen molar-refractivity contribution in [1.82, 2.24) is 10.1 Å². The van der Waals surface area contributed by atoms with Crippen LogP contribution in [-0.2, 0) is 6.42 Å². The molecule has 3 nitrogen and oxygen atoms in total. The maximum atomic E-state index is 13.3. The van der Waals surface area contributed by atoms with E-state index in [0.717, 1.165) is 0 Å². The van der Waals surface area contributed by atoms with E-state index in [0.29, 0.717) is 17.3 Å². The minimum atomic E-state index is -0.307. The van der Waals surface area contributed by atoms with E-state index < -0.39 is 0 Å². The fraction of sp³-hybridized carbons (Fsp3) is 0.273. The van der Waals surface area contributed by atoms with E-state index in [1.54, 1.807) is 25.1 Å². The van der Waals surface area contributed by atoms with Crippen LogP contribution in [-0.4, -0.2) is 10.1 Å². The summed E-state index contributed by atoms with van der Waals surface area (Å²) in [7, 11) is 0. The highest BCUT2D eigenvalue weighted by atomic mass is 35.5. The second-order valence-corrected chi connectivity index (χ2v) is 4.09. The molecule has 0 N–H and O–H groups in total. The van der Waals surface area contributed by atoms with Gasteiger partial charge in [-0.15, -0.1) is 11.6 Å². The average molecular weight is 241 g/mol. The Hall–Kier alpha value is -1.42. The summed E-state index contributed by atoms with van der Waals surface area (Å²) in [5.74, 6) is 0.516. The normalized spacial score (nSPS) is 12.7. The number of nitrogens with zero attached hydrogens (tertiary/aromatic N) is 2. The molecule has 1 aromatic carbocycles. The highest BCUT2D eigenvalue weighted by Gasteiger charge is 2.12. The molecular formula is C11H10ClFN2O. The molecule has 1 aromatic heterocycles. The van der Waals surface area contributed by atoms with Gasteiger partial charge < -0.3 is 4.52 Å². The first-order chi connectivity index (χ1) is 7.66. The lowest BCUT2D eigenvalue weighted by atomic mass is 10.1. The van der Waals surface area contributed by atoms with Crippen molar-refractivity contribution in [2.24, 2.45) is 0 Å². The van der Waals surface area contributed by atoms with Crippen molar-refractivity contribution >= 4 is 11.6 Å².